The van der Waals surface area contributed by atoms with Gasteiger partial charge in [0.2, 0.25) is 0 Å². The number of likely N-dealkylation sites (tertiary alicyclic amines) is 1. The van der Waals surface area contributed by atoms with Crippen molar-refractivity contribution in [3.63, 3.8) is 0 Å². The molecule has 1 amide bonds. The number of nitrogens with one attached hydrogen (secondary N) is 1. The number of benzene rings is 2. The normalized spacial score (nSPS) is 14.7. The summed E-state index contributed by atoms with van der Waals surface area (Å²) in [5.74, 6) is 0.943. The summed E-state index contributed by atoms with van der Waals surface area (Å²) in [5, 5.41) is 6.76. The van der Waals surface area contributed by atoms with Crippen LogP contribution in [0, 0.1) is 6.92 Å². The molecule has 6 heteroatoms. The number of hydrogen-bond acceptors (Lipinski definition) is 5. The zero-order chi connectivity index (χ0) is 20.1. The van der Waals surface area contributed by atoms with Gasteiger partial charge in [-0.15, -0.1) is 0 Å². The van der Waals surface area contributed by atoms with Crippen molar-refractivity contribution in [1.82, 2.24) is 20.4 Å². The van der Waals surface area contributed by atoms with Gasteiger partial charge < -0.3 is 9.84 Å². The third-order valence-electron chi connectivity index (χ3n) is 5.25. The van der Waals surface area contributed by atoms with Crippen LogP contribution >= 0.6 is 0 Å². The summed E-state index contributed by atoms with van der Waals surface area (Å²) >= 11 is 0. The average Bonchev–Trinajstić information content (AvgIpc) is 3.20. The van der Waals surface area contributed by atoms with Gasteiger partial charge in [-0.1, -0.05) is 35.8 Å². The fourth-order valence-corrected chi connectivity index (χ4v) is 3.60. The van der Waals surface area contributed by atoms with Crippen molar-refractivity contribution >= 4 is 5.91 Å². The lowest BCUT2D eigenvalue weighted by Crippen LogP contribution is -2.29. The van der Waals surface area contributed by atoms with E-state index < -0.39 is 0 Å². The molecule has 0 bridgehead atoms. The van der Waals surface area contributed by atoms with E-state index in [1.54, 1.807) is 19.1 Å². The second kappa shape index (κ2) is 9.01. The Balaban J connectivity index is 1.29. The average molecular weight is 390 g/mol. The van der Waals surface area contributed by atoms with Crippen LogP contribution in [0.15, 0.2) is 53.1 Å². The third kappa shape index (κ3) is 5.09. The van der Waals surface area contributed by atoms with Crippen LogP contribution in [0.2, 0.25) is 0 Å². The Morgan fingerprint density at radius 2 is 1.69 bits per heavy atom. The minimum Gasteiger partial charge on any atom is -0.348 e. The summed E-state index contributed by atoms with van der Waals surface area (Å²) in [4.78, 5) is 19.1. The lowest BCUT2D eigenvalue weighted by Gasteiger charge is -2.26. The van der Waals surface area contributed by atoms with Crippen LogP contribution in [0.1, 0.15) is 46.6 Å². The predicted octanol–water partition coefficient (Wildman–Crippen LogP) is 3.96. The van der Waals surface area contributed by atoms with Crippen molar-refractivity contribution < 1.29 is 9.32 Å². The monoisotopic (exact) mass is 390 g/mol. The molecule has 1 aromatic heterocycles. The first-order valence-corrected chi connectivity index (χ1v) is 10.2. The molecule has 6 nitrogen and oxygen atoms in total. The van der Waals surface area contributed by atoms with Gasteiger partial charge in [0.25, 0.3) is 11.8 Å². The fourth-order valence-electron chi connectivity index (χ4n) is 3.60. The highest BCUT2D eigenvalue weighted by Gasteiger charge is 2.11. The minimum absolute atomic E-state index is 0.101. The number of piperidine rings is 1. The maximum absolute atomic E-state index is 12.4. The van der Waals surface area contributed by atoms with Crippen LogP contribution in [0.3, 0.4) is 0 Å². The SMILES string of the molecule is Cc1noc(-c2ccc(C(=O)NCc3ccc(CN4CCCCC4)cc3)cc2)n1. The van der Waals surface area contributed by atoms with Crippen LogP contribution in [-0.2, 0) is 13.1 Å². The van der Waals surface area contributed by atoms with Crippen molar-refractivity contribution in [2.24, 2.45) is 0 Å². The second-order valence-corrected chi connectivity index (χ2v) is 7.56. The lowest BCUT2D eigenvalue weighted by molar-refractivity contribution is 0.0951. The number of hydrogen-bond donors (Lipinski definition) is 1. The van der Waals surface area contributed by atoms with Crippen LogP contribution < -0.4 is 5.32 Å². The molecule has 0 atom stereocenters. The van der Waals surface area contributed by atoms with Crippen LogP contribution in [0.5, 0.6) is 0 Å². The van der Waals surface area contributed by atoms with E-state index in [2.05, 4.69) is 44.6 Å². The number of nitrogens with zero attached hydrogens (tertiary/aromatic N) is 3. The fraction of sp³-hybridized carbons (Fsp3) is 0.348. The Bertz CT molecular complexity index is 942. The number of carbonyl (C=O) groups is 1. The zero-order valence-electron chi connectivity index (χ0n) is 16.7. The molecule has 1 fully saturated rings. The summed E-state index contributed by atoms with van der Waals surface area (Å²) in [6.45, 7) is 5.69. The van der Waals surface area contributed by atoms with E-state index in [0.29, 0.717) is 23.8 Å². The van der Waals surface area contributed by atoms with Crippen molar-refractivity contribution in [2.75, 3.05) is 13.1 Å². The summed E-state index contributed by atoms with van der Waals surface area (Å²) in [5.41, 5.74) is 3.82. The van der Waals surface area contributed by atoms with Crippen molar-refractivity contribution in [3.8, 4) is 11.5 Å². The Kier molecular flexibility index (Phi) is 6.00. The Hall–Kier alpha value is -2.99. The van der Waals surface area contributed by atoms with Crippen molar-refractivity contribution in [1.29, 1.82) is 0 Å². The summed E-state index contributed by atoms with van der Waals surface area (Å²) in [6.07, 6.45) is 3.97. The molecule has 2 aromatic carbocycles. The molecule has 4 rings (SSSR count). The first kappa shape index (κ1) is 19.3. The molecule has 1 aliphatic rings. The van der Waals surface area contributed by atoms with E-state index in [1.165, 1.54) is 37.9 Å². The highest BCUT2D eigenvalue weighted by molar-refractivity contribution is 5.94. The topological polar surface area (TPSA) is 71.3 Å². The molecule has 29 heavy (non-hydrogen) atoms. The van der Waals surface area contributed by atoms with Gasteiger partial charge in [-0.25, -0.2) is 0 Å². The number of amides is 1. The van der Waals surface area contributed by atoms with Gasteiger partial charge >= 0.3 is 0 Å². The maximum atomic E-state index is 12.4. The zero-order valence-corrected chi connectivity index (χ0v) is 16.7. The Labute approximate surface area is 170 Å². The molecule has 2 heterocycles. The number of carbonyl (C=O) groups excluding carboxylic acids is 1. The van der Waals surface area contributed by atoms with Gasteiger partial charge in [-0.3, -0.25) is 9.69 Å². The molecule has 1 saturated heterocycles. The van der Waals surface area contributed by atoms with E-state index in [1.807, 2.05) is 12.1 Å². The lowest BCUT2D eigenvalue weighted by atomic mass is 10.1. The molecule has 150 valence electrons. The van der Waals surface area contributed by atoms with Crippen molar-refractivity contribution in [3.05, 3.63) is 71.0 Å². The van der Waals surface area contributed by atoms with Gasteiger partial charge in [0, 0.05) is 24.2 Å². The van der Waals surface area contributed by atoms with E-state index in [-0.39, 0.29) is 5.91 Å². The molecule has 0 unspecified atom stereocenters. The molecular weight excluding hydrogens is 364 g/mol. The third-order valence-corrected chi connectivity index (χ3v) is 5.25. The van der Waals surface area contributed by atoms with Gasteiger partial charge in [0.15, 0.2) is 5.82 Å². The highest BCUT2D eigenvalue weighted by atomic mass is 16.5. The number of aryl methyl sites for hydroxylation is 1. The highest BCUT2D eigenvalue weighted by Crippen LogP contribution is 2.18. The first-order valence-electron chi connectivity index (χ1n) is 10.2. The molecule has 3 aromatic rings. The molecule has 1 aliphatic heterocycles. The first-order chi connectivity index (χ1) is 14.2. The minimum atomic E-state index is -0.101. The molecule has 0 saturated carbocycles. The van der Waals surface area contributed by atoms with Crippen LogP contribution in [-0.4, -0.2) is 34.0 Å². The largest absolute Gasteiger partial charge is 0.348 e. The van der Waals surface area contributed by atoms with E-state index >= 15 is 0 Å². The van der Waals surface area contributed by atoms with Crippen LogP contribution in [0.4, 0.5) is 0 Å². The van der Waals surface area contributed by atoms with Gasteiger partial charge in [0.1, 0.15) is 0 Å². The molecular formula is C23H26N4O2. The smallest absolute Gasteiger partial charge is 0.257 e. The second-order valence-electron chi connectivity index (χ2n) is 7.56. The quantitative estimate of drug-likeness (QED) is 0.690. The molecule has 1 N–H and O–H groups in total. The molecule has 0 aliphatic carbocycles. The van der Waals surface area contributed by atoms with E-state index in [9.17, 15) is 4.79 Å². The number of aromatic nitrogens is 2. The van der Waals surface area contributed by atoms with Crippen LogP contribution in [0.25, 0.3) is 11.5 Å². The number of rotatable bonds is 6. The summed E-state index contributed by atoms with van der Waals surface area (Å²) in [6, 6.07) is 15.7. The van der Waals surface area contributed by atoms with Gasteiger partial charge in [-0.05, 0) is 68.2 Å². The van der Waals surface area contributed by atoms with Gasteiger partial charge in [0.05, 0.1) is 0 Å². The predicted molar refractivity (Wildman–Crippen MR) is 111 cm³/mol. The Morgan fingerprint density at radius 1 is 1.00 bits per heavy atom. The standard InChI is InChI=1S/C23H26N4O2/c1-17-25-23(29-26-17)21-11-9-20(10-12-21)22(28)24-15-18-5-7-19(8-6-18)16-27-13-3-2-4-14-27/h5-12H,2-4,13-16H2,1H3,(H,24,28). The molecule has 0 radical (unpaired) electrons. The summed E-state index contributed by atoms with van der Waals surface area (Å²) in [7, 11) is 0. The van der Waals surface area contributed by atoms with E-state index in [0.717, 1.165) is 17.7 Å². The van der Waals surface area contributed by atoms with Crippen molar-refractivity contribution in [2.45, 2.75) is 39.3 Å². The molecule has 0 spiro atoms. The maximum Gasteiger partial charge on any atom is 0.257 e. The Morgan fingerprint density at radius 3 is 2.34 bits per heavy atom. The van der Waals surface area contributed by atoms with E-state index in [4.69, 9.17) is 4.52 Å². The summed E-state index contributed by atoms with van der Waals surface area (Å²) < 4.78 is 5.15. The van der Waals surface area contributed by atoms with Gasteiger partial charge in [-0.2, -0.15) is 4.98 Å².